The standard InChI is InChI=1S/C14H26N2O3/c1-3-15-12-9-19-8-11(12)13(17)16-10-14(2)4-6-18-7-5-14/h11-12,15H,3-10H2,1-2H3,(H,16,17). The lowest BCUT2D eigenvalue weighted by atomic mass is 9.82. The van der Waals surface area contributed by atoms with Crippen molar-refractivity contribution in [1.82, 2.24) is 10.6 Å². The molecule has 0 aromatic rings. The molecule has 19 heavy (non-hydrogen) atoms. The molecule has 0 radical (unpaired) electrons. The number of nitrogens with one attached hydrogen (secondary N) is 2. The summed E-state index contributed by atoms with van der Waals surface area (Å²) in [5.74, 6) is 0.0690. The van der Waals surface area contributed by atoms with Crippen LogP contribution in [0.2, 0.25) is 0 Å². The first-order chi connectivity index (χ1) is 9.14. The molecule has 2 aliphatic rings. The molecular formula is C14H26N2O3. The molecule has 2 atom stereocenters. The molecule has 2 fully saturated rings. The van der Waals surface area contributed by atoms with Crippen LogP contribution in [-0.2, 0) is 14.3 Å². The summed E-state index contributed by atoms with van der Waals surface area (Å²) in [6, 6.07) is 0.160. The van der Waals surface area contributed by atoms with Gasteiger partial charge in [0.15, 0.2) is 0 Å². The Morgan fingerprint density at radius 2 is 2.00 bits per heavy atom. The SMILES string of the molecule is CCNC1COCC1C(=O)NCC1(C)CCOCC1. The molecule has 0 saturated carbocycles. The summed E-state index contributed by atoms with van der Waals surface area (Å²) in [7, 11) is 0. The van der Waals surface area contributed by atoms with Crippen molar-refractivity contribution in [3.8, 4) is 0 Å². The highest BCUT2D eigenvalue weighted by Crippen LogP contribution is 2.28. The van der Waals surface area contributed by atoms with E-state index < -0.39 is 0 Å². The summed E-state index contributed by atoms with van der Waals surface area (Å²) in [4.78, 5) is 12.3. The Morgan fingerprint density at radius 3 is 2.68 bits per heavy atom. The fourth-order valence-electron chi connectivity index (χ4n) is 2.75. The van der Waals surface area contributed by atoms with Gasteiger partial charge in [0.2, 0.25) is 5.91 Å². The third kappa shape index (κ3) is 3.91. The number of rotatable bonds is 5. The first kappa shape index (κ1) is 14.8. The molecule has 2 heterocycles. The lowest BCUT2D eigenvalue weighted by molar-refractivity contribution is -0.126. The Balaban J connectivity index is 1.80. The van der Waals surface area contributed by atoms with Gasteiger partial charge in [0.05, 0.1) is 19.1 Å². The van der Waals surface area contributed by atoms with Crippen LogP contribution >= 0.6 is 0 Å². The van der Waals surface area contributed by atoms with Crippen LogP contribution in [0.4, 0.5) is 0 Å². The average Bonchev–Trinajstić information content (AvgIpc) is 2.86. The highest BCUT2D eigenvalue weighted by atomic mass is 16.5. The van der Waals surface area contributed by atoms with E-state index in [1.54, 1.807) is 0 Å². The van der Waals surface area contributed by atoms with Crippen LogP contribution in [0.5, 0.6) is 0 Å². The number of hydrogen-bond acceptors (Lipinski definition) is 4. The summed E-state index contributed by atoms with van der Waals surface area (Å²) < 4.78 is 10.8. The third-order valence-corrected chi connectivity index (χ3v) is 4.27. The highest BCUT2D eigenvalue weighted by Gasteiger charge is 2.35. The van der Waals surface area contributed by atoms with Gasteiger partial charge in [0.25, 0.3) is 0 Å². The van der Waals surface area contributed by atoms with Gasteiger partial charge in [-0.25, -0.2) is 0 Å². The molecule has 0 aliphatic carbocycles. The molecule has 0 bridgehead atoms. The predicted octanol–water partition coefficient (Wildman–Crippen LogP) is 0.544. The molecule has 0 aromatic heterocycles. The zero-order chi connectivity index (χ0) is 13.7. The van der Waals surface area contributed by atoms with Crippen molar-refractivity contribution in [2.24, 2.45) is 11.3 Å². The van der Waals surface area contributed by atoms with Gasteiger partial charge >= 0.3 is 0 Å². The number of amides is 1. The number of ether oxygens (including phenoxy) is 2. The second-order valence-electron chi connectivity index (χ2n) is 5.95. The minimum absolute atomic E-state index is 0.0524. The van der Waals surface area contributed by atoms with Gasteiger partial charge in [-0.1, -0.05) is 13.8 Å². The maximum absolute atomic E-state index is 12.3. The van der Waals surface area contributed by atoms with Crippen molar-refractivity contribution in [1.29, 1.82) is 0 Å². The van der Waals surface area contributed by atoms with Crippen molar-refractivity contribution in [3.63, 3.8) is 0 Å². The zero-order valence-corrected chi connectivity index (χ0v) is 12.0. The largest absolute Gasteiger partial charge is 0.381 e. The van der Waals surface area contributed by atoms with E-state index in [9.17, 15) is 4.79 Å². The smallest absolute Gasteiger partial charge is 0.227 e. The Hall–Kier alpha value is -0.650. The molecule has 2 aliphatic heterocycles. The van der Waals surface area contributed by atoms with Crippen LogP contribution in [0.15, 0.2) is 0 Å². The fraction of sp³-hybridized carbons (Fsp3) is 0.929. The quantitative estimate of drug-likeness (QED) is 0.766. The van der Waals surface area contributed by atoms with Gasteiger partial charge in [-0.3, -0.25) is 4.79 Å². The maximum Gasteiger partial charge on any atom is 0.227 e. The van der Waals surface area contributed by atoms with E-state index in [2.05, 4.69) is 24.5 Å². The van der Waals surface area contributed by atoms with Gasteiger partial charge in [-0.2, -0.15) is 0 Å². The van der Waals surface area contributed by atoms with E-state index in [1.165, 1.54) is 0 Å². The van der Waals surface area contributed by atoms with E-state index in [1.807, 2.05) is 0 Å². The monoisotopic (exact) mass is 270 g/mol. The van der Waals surface area contributed by atoms with E-state index in [4.69, 9.17) is 9.47 Å². The van der Waals surface area contributed by atoms with Gasteiger partial charge in [-0.15, -0.1) is 0 Å². The van der Waals surface area contributed by atoms with Crippen LogP contribution in [0.25, 0.3) is 0 Å². The van der Waals surface area contributed by atoms with Crippen molar-refractivity contribution in [2.75, 3.05) is 39.5 Å². The van der Waals surface area contributed by atoms with E-state index in [0.717, 1.165) is 39.1 Å². The fourth-order valence-corrected chi connectivity index (χ4v) is 2.75. The number of likely N-dealkylation sites (N-methyl/N-ethyl adjacent to an activating group) is 1. The van der Waals surface area contributed by atoms with Gasteiger partial charge in [0.1, 0.15) is 0 Å². The summed E-state index contributed by atoms with van der Waals surface area (Å²) in [6.45, 7) is 8.66. The number of carbonyl (C=O) groups excluding carboxylic acids is 1. The highest BCUT2D eigenvalue weighted by molar-refractivity contribution is 5.79. The Labute approximate surface area is 115 Å². The zero-order valence-electron chi connectivity index (χ0n) is 12.0. The van der Waals surface area contributed by atoms with Crippen LogP contribution in [-0.4, -0.2) is 51.5 Å². The topological polar surface area (TPSA) is 59.6 Å². The molecule has 2 N–H and O–H groups in total. The summed E-state index contributed by atoms with van der Waals surface area (Å²) in [5, 5.41) is 6.43. The summed E-state index contributed by atoms with van der Waals surface area (Å²) in [5.41, 5.74) is 0.182. The van der Waals surface area contributed by atoms with Crippen LogP contribution < -0.4 is 10.6 Å². The Morgan fingerprint density at radius 1 is 1.26 bits per heavy atom. The van der Waals surface area contributed by atoms with Crippen LogP contribution in [0, 0.1) is 11.3 Å². The van der Waals surface area contributed by atoms with Gasteiger partial charge in [-0.05, 0) is 24.8 Å². The second-order valence-corrected chi connectivity index (χ2v) is 5.95. The van der Waals surface area contributed by atoms with Gasteiger partial charge in [0, 0.05) is 25.8 Å². The van der Waals surface area contributed by atoms with E-state index in [0.29, 0.717) is 13.2 Å². The number of carbonyl (C=O) groups is 1. The summed E-state index contributed by atoms with van der Waals surface area (Å²) in [6.07, 6.45) is 2.04. The number of hydrogen-bond donors (Lipinski definition) is 2. The molecule has 2 unspecified atom stereocenters. The average molecular weight is 270 g/mol. The first-order valence-corrected chi connectivity index (χ1v) is 7.31. The van der Waals surface area contributed by atoms with Crippen molar-refractivity contribution < 1.29 is 14.3 Å². The van der Waals surface area contributed by atoms with E-state index >= 15 is 0 Å². The molecule has 5 heteroatoms. The maximum atomic E-state index is 12.3. The minimum atomic E-state index is -0.0524. The van der Waals surface area contributed by atoms with Crippen molar-refractivity contribution >= 4 is 5.91 Å². The van der Waals surface area contributed by atoms with Crippen molar-refractivity contribution in [3.05, 3.63) is 0 Å². The normalized spacial score (nSPS) is 30.2. The minimum Gasteiger partial charge on any atom is -0.381 e. The molecule has 110 valence electrons. The molecule has 2 saturated heterocycles. The first-order valence-electron chi connectivity index (χ1n) is 7.31. The molecule has 0 spiro atoms. The van der Waals surface area contributed by atoms with Crippen LogP contribution in [0.1, 0.15) is 26.7 Å². The molecule has 0 aromatic carbocycles. The predicted molar refractivity (Wildman–Crippen MR) is 72.9 cm³/mol. The van der Waals surface area contributed by atoms with Crippen LogP contribution in [0.3, 0.4) is 0 Å². The van der Waals surface area contributed by atoms with Gasteiger partial charge < -0.3 is 20.1 Å². The summed E-state index contributed by atoms with van der Waals surface area (Å²) >= 11 is 0. The third-order valence-electron chi connectivity index (χ3n) is 4.27. The molecule has 5 nitrogen and oxygen atoms in total. The molecule has 1 amide bonds. The molecular weight excluding hydrogens is 244 g/mol. The lowest BCUT2D eigenvalue weighted by Gasteiger charge is -2.34. The Bertz CT molecular complexity index is 303. The van der Waals surface area contributed by atoms with Crippen molar-refractivity contribution in [2.45, 2.75) is 32.7 Å². The lowest BCUT2D eigenvalue weighted by Crippen LogP contribution is -2.47. The Kier molecular flexibility index (Phi) is 5.19. The van der Waals surface area contributed by atoms with E-state index in [-0.39, 0.29) is 23.3 Å². The molecule has 2 rings (SSSR count). The second kappa shape index (κ2) is 6.68.